The fourth-order valence-corrected chi connectivity index (χ4v) is 1.94. The summed E-state index contributed by atoms with van der Waals surface area (Å²) >= 11 is 0. The number of nitrogens with one attached hydrogen (secondary N) is 1. The number of aromatic nitrogens is 1. The molecular formula is C15H19N3O. The van der Waals surface area contributed by atoms with E-state index in [4.69, 9.17) is 5.73 Å². The number of aryl methyl sites for hydroxylation is 1. The van der Waals surface area contributed by atoms with Crippen LogP contribution in [0.15, 0.2) is 42.6 Å². The van der Waals surface area contributed by atoms with Crippen molar-refractivity contribution >= 4 is 5.91 Å². The first-order chi connectivity index (χ1) is 9.20. The number of carbonyl (C=O) groups excluding carboxylic acids is 1. The van der Waals surface area contributed by atoms with Crippen molar-refractivity contribution in [2.75, 3.05) is 6.54 Å². The molecule has 0 saturated carbocycles. The fraction of sp³-hybridized carbons (Fsp3) is 0.267. The molecule has 19 heavy (non-hydrogen) atoms. The molecule has 0 fully saturated rings. The van der Waals surface area contributed by atoms with Gasteiger partial charge in [0.05, 0.1) is 6.54 Å². The molecule has 2 aromatic rings. The van der Waals surface area contributed by atoms with Crippen molar-refractivity contribution in [3.05, 3.63) is 59.4 Å². The second-order valence-electron chi connectivity index (χ2n) is 4.53. The Morgan fingerprint density at radius 3 is 2.58 bits per heavy atom. The molecule has 0 unspecified atom stereocenters. The standard InChI is InChI=1S/C15H19N3O/c1-18-10-2-3-14(18)11-17-15(19)13-6-4-12(5-7-13)8-9-16/h2-7,10H,8-9,11,16H2,1H3,(H,17,19). The van der Waals surface area contributed by atoms with Crippen LogP contribution in [0.5, 0.6) is 0 Å². The number of benzene rings is 1. The molecule has 1 heterocycles. The van der Waals surface area contributed by atoms with Crippen molar-refractivity contribution < 1.29 is 4.79 Å². The maximum Gasteiger partial charge on any atom is 0.251 e. The van der Waals surface area contributed by atoms with Crippen LogP contribution < -0.4 is 11.1 Å². The molecule has 1 amide bonds. The van der Waals surface area contributed by atoms with Crippen LogP contribution in [0, 0.1) is 0 Å². The summed E-state index contributed by atoms with van der Waals surface area (Å²) in [5, 5.41) is 2.91. The molecule has 0 aliphatic rings. The number of carbonyl (C=O) groups is 1. The Hall–Kier alpha value is -2.07. The highest BCUT2D eigenvalue weighted by atomic mass is 16.1. The van der Waals surface area contributed by atoms with Gasteiger partial charge in [0.2, 0.25) is 0 Å². The lowest BCUT2D eigenvalue weighted by molar-refractivity contribution is 0.0950. The van der Waals surface area contributed by atoms with Gasteiger partial charge >= 0.3 is 0 Å². The molecule has 0 radical (unpaired) electrons. The largest absolute Gasteiger partial charge is 0.353 e. The molecule has 0 spiro atoms. The first-order valence-corrected chi connectivity index (χ1v) is 6.38. The quantitative estimate of drug-likeness (QED) is 0.852. The van der Waals surface area contributed by atoms with Crippen LogP contribution in [0.25, 0.3) is 0 Å². The van der Waals surface area contributed by atoms with Gasteiger partial charge in [-0.25, -0.2) is 0 Å². The van der Waals surface area contributed by atoms with Crippen molar-refractivity contribution in [3.63, 3.8) is 0 Å². The van der Waals surface area contributed by atoms with E-state index in [1.54, 1.807) is 0 Å². The normalized spacial score (nSPS) is 10.4. The second kappa shape index (κ2) is 6.20. The van der Waals surface area contributed by atoms with E-state index in [1.165, 1.54) is 0 Å². The van der Waals surface area contributed by atoms with Crippen LogP contribution in [-0.4, -0.2) is 17.0 Å². The van der Waals surface area contributed by atoms with Gasteiger partial charge in [-0.3, -0.25) is 4.79 Å². The summed E-state index contributed by atoms with van der Waals surface area (Å²) in [7, 11) is 1.96. The summed E-state index contributed by atoms with van der Waals surface area (Å²) in [4.78, 5) is 12.0. The van der Waals surface area contributed by atoms with Gasteiger partial charge in [0.1, 0.15) is 0 Å². The van der Waals surface area contributed by atoms with E-state index in [0.29, 0.717) is 18.7 Å². The van der Waals surface area contributed by atoms with E-state index in [-0.39, 0.29) is 5.91 Å². The third-order valence-electron chi connectivity index (χ3n) is 3.13. The Bertz CT molecular complexity index is 543. The predicted molar refractivity (Wildman–Crippen MR) is 75.8 cm³/mol. The number of hydrogen-bond donors (Lipinski definition) is 2. The van der Waals surface area contributed by atoms with Gasteiger partial charge in [-0.15, -0.1) is 0 Å². The monoisotopic (exact) mass is 257 g/mol. The minimum atomic E-state index is -0.0551. The van der Waals surface area contributed by atoms with Crippen molar-refractivity contribution in [2.45, 2.75) is 13.0 Å². The Labute approximate surface area is 113 Å². The van der Waals surface area contributed by atoms with Crippen molar-refractivity contribution in [2.24, 2.45) is 12.8 Å². The van der Waals surface area contributed by atoms with Crippen molar-refractivity contribution in [1.29, 1.82) is 0 Å². The Morgan fingerprint density at radius 2 is 2.00 bits per heavy atom. The molecule has 3 N–H and O–H groups in total. The molecule has 1 aromatic heterocycles. The van der Waals surface area contributed by atoms with Gasteiger partial charge < -0.3 is 15.6 Å². The number of amides is 1. The maximum atomic E-state index is 12.0. The lowest BCUT2D eigenvalue weighted by atomic mass is 10.1. The first-order valence-electron chi connectivity index (χ1n) is 6.38. The highest BCUT2D eigenvalue weighted by Gasteiger charge is 2.06. The fourth-order valence-electron chi connectivity index (χ4n) is 1.94. The Balaban J connectivity index is 1.94. The molecular weight excluding hydrogens is 238 g/mol. The molecule has 0 bridgehead atoms. The second-order valence-corrected chi connectivity index (χ2v) is 4.53. The molecule has 2 rings (SSSR count). The Morgan fingerprint density at radius 1 is 1.26 bits per heavy atom. The topological polar surface area (TPSA) is 60.0 Å². The van der Waals surface area contributed by atoms with Gasteiger partial charge in [0.15, 0.2) is 0 Å². The maximum absolute atomic E-state index is 12.0. The van der Waals surface area contributed by atoms with Crippen LogP contribution >= 0.6 is 0 Å². The predicted octanol–water partition coefficient (Wildman–Crippen LogP) is 1.46. The molecule has 0 aliphatic carbocycles. The number of nitrogens with zero attached hydrogens (tertiary/aromatic N) is 1. The van der Waals surface area contributed by atoms with Crippen molar-refractivity contribution in [1.82, 2.24) is 9.88 Å². The van der Waals surface area contributed by atoms with E-state index >= 15 is 0 Å². The van der Waals surface area contributed by atoms with Crippen molar-refractivity contribution in [3.8, 4) is 0 Å². The molecule has 4 heteroatoms. The van der Waals surface area contributed by atoms with Crippen LogP contribution in [0.3, 0.4) is 0 Å². The minimum Gasteiger partial charge on any atom is -0.353 e. The molecule has 0 atom stereocenters. The third kappa shape index (κ3) is 3.45. The number of hydrogen-bond acceptors (Lipinski definition) is 2. The van der Waals surface area contributed by atoms with Crippen LogP contribution in [0.2, 0.25) is 0 Å². The van der Waals surface area contributed by atoms with E-state index in [2.05, 4.69) is 5.32 Å². The average molecular weight is 257 g/mol. The molecule has 1 aromatic carbocycles. The number of nitrogens with two attached hydrogens (primary N) is 1. The van der Waals surface area contributed by atoms with Gasteiger partial charge in [-0.2, -0.15) is 0 Å². The van der Waals surface area contributed by atoms with Gasteiger partial charge in [0, 0.05) is 24.5 Å². The zero-order chi connectivity index (χ0) is 13.7. The smallest absolute Gasteiger partial charge is 0.251 e. The zero-order valence-electron chi connectivity index (χ0n) is 11.1. The van der Waals surface area contributed by atoms with Crippen LogP contribution in [0.4, 0.5) is 0 Å². The summed E-state index contributed by atoms with van der Waals surface area (Å²) in [6, 6.07) is 11.5. The minimum absolute atomic E-state index is 0.0551. The van der Waals surface area contributed by atoms with Gasteiger partial charge in [-0.05, 0) is 42.8 Å². The molecule has 4 nitrogen and oxygen atoms in total. The SMILES string of the molecule is Cn1cccc1CNC(=O)c1ccc(CCN)cc1. The highest BCUT2D eigenvalue weighted by Crippen LogP contribution is 2.05. The number of rotatable bonds is 5. The summed E-state index contributed by atoms with van der Waals surface area (Å²) in [6.45, 7) is 1.16. The summed E-state index contributed by atoms with van der Waals surface area (Å²) in [6.07, 6.45) is 2.80. The van der Waals surface area contributed by atoms with Gasteiger partial charge in [-0.1, -0.05) is 12.1 Å². The van der Waals surface area contributed by atoms with E-state index in [0.717, 1.165) is 17.7 Å². The highest BCUT2D eigenvalue weighted by molar-refractivity contribution is 5.94. The average Bonchev–Trinajstić information content (AvgIpc) is 2.83. The summed E-state index contributed by atoms with van der Waals surface area (Å²) in [5.74, 6) is -0.0551. The van der Waals surface area contributed by atoms with Crippen LogP contribution in [0.1, 0.15) is 21.6 Å². The van der Waals surface area contributed by atoms with E-state index < -0.39 is 0 Å². The van der Waals surface area contributed by atoms with E-state index in [9.17, 15) is 4.79 Å². The molecule has 100 valence electrons. The summed E-state index contributed by atoms with van der Waals surface area (Å²) in [5.41, 5.74) is 8.40. The van der Waals surface area contributed by atoms with Gasteiger partial charge in [0.25, 0.3) is 5.91 Å². The third-order valence-corrected chi connectivity index (χ3v) is 3.13. The lowest BCUT2D eigenvalue weighted by Crippen LogP contribution is -2.23. The van der Waals surface area contributed by atoms with E-state index in [1.807, 2.05) is 54.2 Å². The Kier molecular flexibility index (Phi) is 4.36. The lowest BCUT2D eigenvalue weighted by Gasteiger charge is -2.07. The van der Waals surface area contributed by atoms with Crippen LogP contribution in [-0.2, 0) is 20.0 Å². The zero-order valence-corrected chi connectivity index (χ0v) is 11.1. The summed E-state index contributed by atoms with van der Waals surface area (Å²) < 4.78 is 1.99. The first kappa shape index (κ1) is 13.4. The molecule has 0 aliphatic heterocycles. The molecule has 0 saturated heterocycles.